The minimum absolute atomic E-state index is 0.120. The number of amides is 1. The van der Waals surface area contributed by atoms with Crippen molar-refractivity contribution >= 4 is 44.7 Å². The maximum Gasteiger partial charge on any atom is 0.262 e. The van der Waals surface area contributed by atoms with Gasteiger partial charge in [-0.2, -0.15) is 0 Å². The van der Waals surface area contributed by atoms with Gasteiger partial charge in [0.1, 0.15) is 11.4 Å². The third-order valence-corrected chi connectivity index (χ3v) is 6.50. The number of rotatable bonds is 3. The smallest absolute Gasteiger partial charge is 0.262 e. The van der Waals surface area contributed by atoms with E-state index in [1.54, 1.807) is 23.5 Å². The van der Waals surface area contributed by atoms with Gasteiger partial charge in [-0.15, -0.1) is 11.3 Å². The molecule has 144 valence electrons. The number of thiophene rings is 1. The fourth-order valence-electron chi connectivity index (χ4n) is 3.65. The van der Waals surface area contributed by atoms with Crippen LogP contribution < -0.4 is 20.3 Å². The van der Waals surface area contributed by atoms with Crippen molar-refractivity contribution in [2.45, 2.75) is 32.2 Å². The van der Waals surface area contributed by atoms with Crippen molar-refractivity contribution < 1.29 is 14.3 Å². The van der Waals surface area contributed by atoms with Crippen LogP contribution in [0.25, 0.3) is 10.2 Å². The molecular weight excluding hydrogens is 402 g/mol. The molecule has 2 aliphatic rings. The first-order valence-corrected chi connectivity index (χ1v) is 10.2. The molecular formula is C19H16ClN3O4S. The van der Waals surface area contributed by atoms with E-state index in [0.29, 0.717) is 27.6 Å². The summed E-state index contributed by atoms with van der Waals surface area (Å²) in [6, 6.07) is 3.21. The molecule has 1 amide bonds. The van der Waals surface area contributed by atoms with Gasteiger partial charge < -0.3 is 14.8 Å². The van der Waals surface area contributed by atoms with E-state index in [-0.39, 0.29) is 24.8 Å². The van der Waals surface area contributed by atoms with E-state index in [1.807, 2.05) is 0 Å². The molecule has 3 aromatic rings. The summed E-state index contributed by atoms with van der Waals surface area (Å²) in [5.74, 6) is 0.689. The fraction of sp³-hybridized carbons (Fsp3) is 0.316. The van der Waals surface area contributed by atoms with Gasteiger partial charge in [-0.05, 0) is 31.2 Å². The van der Waals surface area contributed by atoms with Crippen molar-refractivity contribution in [1.82, 2.24) is 9.55 Å². The summed E-state index contributed by atoms with van der Waals surface area (Å²) < 4.78 is 11.9. The van der Waals surface area contributed by atoms with Gasteiger partial charge in [0.15, 0.2) is 11.5 Å². The highest BCUT2D eigenvalue weighted by Crippen LogP contribution is 2.39. The summed E-state index contributed by atoms with van der Waals surface area (Å²) in [6.07, 6.45) is 5.56. The summed E-state index contributed by atoms with van der Waals surface area (Å²) in [7, 11) is 0. The van der Waals surface area contributed by atoms with Crippen molar-refractivity contribution in [3.63, 3.8) is 0 Å². The fourth-order valence-corrected chi connectivity index (χ4v) is 5.07. The molecule has 3 heterocycles. The molecule has 0 bridgehead atoms. The second-order valence-corrected chi connectivity index (χ2v) is 8.29. The lowest BCUT2D eigenvalue weighted by molar-refractivity contribution is -0.116. The molecule has 0 saturated heterocycles. The quantitative estimate of drug-likeness (QED) is 0.706. The number of carbonyl (C=O) groups is 1. The lowest BCUT2D eigenvalue weighted by Crippen LogP contribution is -2.28. The maximum absolute atomic E-state index is 13.0. The number of nitrogens with one attached hydrogen (secondary N) is 1. The Bertz CT molecular complexity index is 1170. The molecule has 0 saturated carbocycles. The molecule has 0 fully saturated rings. The van der Waals surface area contributed by atoms with Gasteiger partial charge in [-0.1, -0.05) is 11.6 Å². The van der Waals surface area contributed by atoms with Gasteiger partial charge in [0, 0.05) is 17.0 Å². The molecule has 0 radical (unpaired) electrons. The van der Waals surface area contributed by atoms with Crippen LogP contribution in [0.1, 0.15) is 23.3 Å². The number of ether oxygens (including phenoxy) is 2. The number of carbonyl (C=O) groups excluding carboxylic acids is 1. The van der Waals surface area contributed by atoms with Gasteiger partial charge in [-0.25, -0.2) is 4.98 Å². The monoisotopic (exact) mass is 417 g/mol. The Balaban J connectivity index is 1.42. The third kappa shape index (κ3) is 2.93. The molecule has 1 aliphatic heterocycles. The second kappa shape index (κ2) is 6.79. The van der Waals surface area contributed by atoms with Crippen molar-refractivity contribution in [2.24, 2.45) is 0 Å². The van der Waals surface area contributed by atoms with Crippen LogP contribution in [0.4, 0.5) is 5.69 Å². The first-order chi connectivity index (χ1) is 13.6. The highest BCUT2D eigenvalue weighted by atomic mass is 35.5. The number of hydrogen-bond donors (Lipinski definition) is 1. The average Bonchev–Trinajstić information content (AvgIpc) is 3.28. The molecule has 28 heavy (non-hydrogen) atoms. The van der Waals surface area contributed by atoms with E-state index in [4.69, 9.17) is 21.1 Å². The highest BCUT2D eigenvalue weighted by molar-refractivity contribution is 7.18. The lowest BCUT2D eigenvalue weighted by atomic mass is 9.97. The Morgan fingerprint density at radius 3 is 2.89 bits per heavy atom. The van der Waals surface area contributed by atoms with Crippen molar-refractivity contribution in [1.29, 1.82) is 0 Å². The van der Waals surface area contributed by atoms with Gasteiger partial charge in [-0.3, -0.25) is 14.2 Å². The van der Waals surface area contributed by atoms with E-state index in [9.17, 15) is 9.59 Å². The number of aromatic nitrogens is 2. The molecule has 1 aromatic carbocycles. The van der Waals surface area contributed by atoms with Crippen molar-refractivity contribution in [2.75, 3.05) is 12.1 Å². The standard InChI is InChI=1S/C19H16ClN3O4S/c20-11-5-13-14(27-9-26-13)6-12(11)22-16(24)7-23-8-21-18-17(19(23)25)10-3-1-2-4-15(10)28-18/h5-6,8H,1-4,7,9H2,(H,22,24). The normalized spacial score (nSPS) is 14.9. The Kier molecular flexibility index (Phi) is 4.25. The zero-order valence-corrected chi connectivity index (χ0v) is 16.4. The summed E-state index contributed by atoms with van der Waals surface area (Å²) in [4.78, 5) is 31.9. The van der Waals surface area contributed by atoms with Crippen LogP contribution in [-0.4, -0.2) is 22.3 Å². The summed E-state index contributed by atoms with van der Waals surface area (Å²) >= 11 is 7.79. The third-order valence-electron chi connectivity index (χ3n) is 4.99. The van der Waals surface area contributed by atoms with Crippen molar-refractivity contribution in [3.8, 4) is 11.5 Å². The van der Waals surface area contributed by atoms with Crippen LogP contribution in [0.3, 0.4) is 0 Å². The number of nitrogens with zero attached hydrogens (tertiary/aromatic N) is 2. The molecule has 2 aromatic heterocycles. The van der Waals surface area contributed by atoms with Crippen LogP contribution >= 0.6 is 22.9 Å². The van der Waals surface area contributed by atoms with Crippen LogP contribution in [0, 0.1) is 0 Å². The Morgan fingerprint density at radius 1 is 1.25 bits per heavy atom. The number of fused-ring (bicyclic) bond motifs is 4. The topological polar surface area (TPSA) is 82.5 Å². The first-order valence-electron chi connectivity index (χ1n) is 8.99. The van der Waals surface area contributed by atoms with Crippen LogP contribution in [0.2, 0.25) is 5.02 Å². The first kappa shape index (κ1) is 17.5. The highest BCUT2D eigenvalue weighted by Gasteiger charge is 2.21. The van der Waals surface area contributed by atoms with E-state index in [2.05, 4.69) is 10.3 Å². The molecule has 0 spiro atoms. The summed E-state index contributed by atoms with van der Waals surface area (Å²) in [5.41, 5.74) is 1.35. The molecule has 0 unspecified atom stereocenters. The van der Waals surface area contributed by atoms with Crippen LogP contribution in [-0.2, 0) is 24.2 Å². The van der Waals surface area contributed by atoms with Gasteiger partial charge in [0.25, 0.3) is 5.56 Å². The van der Waals surface area contributed by atoms with Crippen LogP contribution in [0.15, 0.2) is 23.3 Å². The SMILES string of the molecule is O=C(Cn1cnc2sc3c(c2c1=O)CCCC3)Nc1cc2c(cc1Cl)OCO2. The Morgan fingerprint density at radius 2 is 2.04 bits per heavy atom. The Hall–Kier alpha value is -2.58. The molecule has 5 rings (SSSR count). The molecule has 7 nitrogen and oxygen atoms in total. The molecule has 1 aliphatic carbocycles. The molecule has 1 N–H and O–H groups in total. The minimum Gasteiger partial charge on any atom is -0.454 e. The largest absolute Gasteiger partial charge is 0.454 e. The Labute approximate surface area is 168 Å². The zero-order valence-electron chi connectivity index (χ0n) is 14.8. The summed E-state index contributed by atoms with van der Waals surface area (Å²) in [6.45, 7) is -0.0216. The zero-order chi connectivity index (χ0) is 19.3. The van der Waals surface area contributed by atoms with E-state index < -0.39 is 0 Å². The predicted molar refractivity (Wildman–Crippen MR) is 107 cm³/mol. The van der Waals surface area contributed by atoms with E-state index >= 15 is 0 Å². The summed E-state index contributed by atoms with van der Waals surface area (Å²) in [5, 5.41) is 3.73. The second-order valence-electron chi connectivity index (χ2n) is 6.80. The average molecular weight is 418 g/mol. The lowest BCUT2D eigenvalue weighted by Gasteiger charge is -2.11. The number of benzene rings is 1. The van der Waals surface area contributed by atoms with E-state index in [0.717, 1.165) is 36.1 Å². The van der Waals surface area contributed by atoms with Crippen LogP contribution in [0.5, 0.6) is 11.5 Å². The maximum atomic E-state index is 13.0. The number of aryl methyl sites for hydroxylation is 2. The van der Waals surface area contributed by atoms with E-state index in [1.165, 1.54) is 15.8 Å². The molecule has 0 atom stereocenters. The van der Waals surface area contributed by atoms with Crippen molar-refractivity contribution in [3.05, 3.63) is 44.3 Å². The van der Waals surface area contributed by atoms with Gasteiger partial charge >= 0.3 is 0 Å². The van der Waals surface area contributed by atoms with Gasteiger partial charge in [0.05, 0.1) is 22.4 Å². The minimum atomic E-state index is -0.367. The number of anilines is 1. The molecule has 9 heteroatoms. The van der Waals surface area contributed by atoms with Gasteiger partial charge in [0.2, 0.25) is 12.7 Å². The predicted octanol–water partition coefficient (Wildman–Crippen LogP) is 3.36. The number of halogens is 1. The number of hydrogen-bond acceptors (Lipinski definition) is 6.